The third-order valence-corrected chi connectivity index (χ3v) is 2.57. The molecule has 0 aromatic heterocycles. The Labute approximate surface area is 81.9 Å². The zero-order valence-corrected chi connectivity index (χ0v) is 8.97. The van der Waals surface area contributed by atoms with Crippen molar-refractivity contribution in [2.75, 3.05) is 46.8 Å². The van der Waals surface area contributed by atoms with Crippen LogP contribution in [0.4, 0.5) is 0 Å². The number of rotatable bonds is 5. The Morgan fingerprint density at radius 2 is 2.31 bits per heavy atom. The predicted octanol–water partition coefficient (Wildman–Crippen LogP) is 0.137. The molecule has 0 radical (unpaired) electrons. The second-order valence-corrected chi connectivity index (χ2v) is 4.22. The molecule has 0 saturated carbocycles. The second-order valence-electron chi connectivity index (χ2n) is 4.22. The summed E-state index contributed by atoms with van der Waals surface area (Å²) in [5.74, 6) is 0.857. The summed E-state index contributed by atoms with van der Waals surface area (Å²) in [7, 11) is 4.23. The molecule has 1 aliphatic rings. The molecule has 1 unspecified atom stereocenters. The first-order valence-corrected chi connectivity index (χ1v) is 5.35. The number of nitrogens with zero attached hydrogens (tertiary/aromatic N) is 1. The van der Waals surface area contributed by atoms with Crippen LogP contribution in [0.3, 0.4) is 0 Å². The quantitative estimate of drug-likeness (QED) is 0.597. The summed E-state index contributed by atoms with van der Waals surface area (Å²) in [5.41, 5.74) is 0. The fourth-order valence-corrected chi connectivity index (χ4v) is 1.71. The molecule has 13 heavy (non-hydrogen) atoms. The lowest BCUT2D eigenvalue weighted by Crippen LogP contribution is -2.37. The first-order chi connectivity index (χ1) is 6.29. The molecule has 78 valence electrons. The molecule has 1 rings (SSSR count). The largest absolute Gasteiger partial charge is 0.316 e. The SMILES string of the molecule is CN(C)CCNCC1CCCNC1. The molecule has 0 aromatic carbocycles. The smallest absolute Gasteiger partial charge is 0.0101 e. The van der Waals surface area contributed by atoms with E-state index in [0.29, 0.717) is 0 Å². The lowest BCUT2D eigenvalue weighted by atomic mass is 10.00. The van der Waals surface area contributed by atoms with Crippen molar-refractivity contribution in [3.63, 3.8) is 0 Å². The number of piperidine rings is 1. The molecule has 1 saturated heterocycles. The highest BCUT2D eigenvalue weighted by Gasteiger charge is 2.11. The zero-order valence-electron chi connectivity index (χ0n) is 8.97. The van der Waals surface area contributed by atoms with Gasteiger partial charge in [-0.05, 0) is 52.5 Å². The van der Waals surface area contributed by atoms with E-state index in [4.69, 9.17) is 0 Å². The highest BCUT2D eigenvalue weighted by atomic mass is 15.1. The molecule has 1 fully saturated rings. The van der Waals surface area contributed by atoms with Gasteiger partial charge >= 0.3 is 0 Å². The Hall–Kier alpha value is -0.120. The van der Waals surface area contributed by atoms with Crippen LogP contribution in [-0.2, 0) is 0 Å². The normalized spacial score (nSPS) is 23.8. The van der Waals surface area contributed by atoms with Gasteiger partial charge in [-0.1, -0.05) is 0 Å². The first kappa shape index (κ1) is 11.0. The van der Waals surface area contributed by atoms with Crippen molar-refractivity contribution in [2.24, 2.45) is 5.92 Å². The number of nitrogens with one attached hydrogen (secondary N) is 2. The highest BCUT2D eigenvalue weighted by molar-refractivity contribution is 4.70. The van der Waals surface area contributed by atoms with Gasteiger partial charge in [0.1, 0.15) is 0 Å². The fourth-order valence-electron chi connectivity index (χ4n) is 1.71. The molecule has 0 aromatic rings. The van der Waals surface area contributed by atoms with Crippen LogP contribution < -0.4 is 10.6 Å². The number of likely N-dealkylation sites (N-methyl/N-ethyl adjacent to an activating group) is 1. The van der Waals surface area contributed by atoms with Crippen LogP contribution in [0, 0.1) is 5.92 Å². The van der Waals surface area contributed by atoms with Crippen molar-refractivity contribution in [1.82, 2.24) is 15.5 Å². The van der Waals surface area contributed by atoms with Gasteiger partial charge in [0.15, 0.2) is 0 Å². The summed E-state index contributed by atoms with van der Waals surface area (Å²) in [4.78, 5) is 2.21. The van der Waals surface area contributed by atoms with Crippen molar-refractivity contribution < 1.29 is 0 Å². The number of hydrogen-bond donors (Lipinski definition) is 2. The standard InChI is InChI=1S/C10H23N3/c1-13(2)7-6-12-9-10-4-3-5-11-8-10/h10-12H,3-9H2,1-2H3. The topological polar surface area (TPSA) is 27.3 Å². The zero-order chi connectivity index (χ0) is 9.52. The van der Waals surface area contributed by atoms with Crippen LogP contribution in [0.5, 0.6) is 0 Å². The summed E-state index contributed by atoms with van der Waals surface area (Å²) in [6, 6.07) is 0. The lowest BCUT2D eigenvalue weighted by molar-refractivity contribution is 0.344. The third-order valence-electron chi connectivity index (χ3n) is 2.57. The Bertz CT molecular complexity index is 119. The summed E-state index contributed by atoms with van der Waals surface area (Å²) in [6.45, 7) is 5.85. The van der Waals surface area contributed by atoms with Gasteiger partial charge in [0, 0.05) is 13.1 Å². The molecule has 1 atom stereocenters. The van der Waals surface area contributed by atoms with Gasteiger partial charge in [-0.25, -0.2) is 0 Å². The fraction of sp³-hybridized carbons (Fsp3) is 1.00. The summed E-state index contributed by atoms with van der Waals surface area (Å²) in [6.07, 6.45) is 2.74. The molecule has 0 spiro atoms. The van der Waals surface area contributed by atoms with Gasteiger partial charge in [0.2, 0.25) is 0 Å². The molecule has 1 heterocycles. The van der Waals surface area contributed by atoms with E-state index < -0.39 is 0 Å². The molecule has 2 N–H and O–H groups in total. The van der Waals surface area contributed by atoms with Gasteiger partial charge in [-0.2, -0.15) is 0 Å². The second kappa shape index (κ2) is 6.35. The maximum atomic E-state index is 3.50. The van der Waals surface area contributed by atoms with Crippen molar-refractivity contribution in [3.05, 3.63) is 0 Å². The van der Waals surface area contributed by atoms with Gasteiger partial charge in [-0.3, -0.25) is 0 Å². The van der Waals surface area contributed by atoms with E-state index in [-0.39, 0.29) is 0 Å². The van der Waals surface area contributed by atoms with Gasteiger partial charge in [0.05, 0.1) is 0 Å². The third kappa shape index (κ3) is 5.24. The summed E-state index contributed by atoms with van der Waals surface area (Å²) in [5, 5.41) is 6.94. The van der Waals surface area contributed by atoms with E-state index in [2.05, 4.69) is 29.6 Å². The van der Waals surface area contributed by atoms with Crippen LogP contribution in [0.15, 0.2) is 0 Å². The van der Waals surface area contributed by atoms with Crippen molar-refractivity contribution in [1.29, 1.82) is 0 Å². The van der Waals surface area contributed by atoms with Crippen LogP contribution in [0.25, 0.3) is 0 Å². The minimum absolute atomic E-state index is 0.857. The van der Waals surface area contributed by atoms with E-state index >= 15 is 0 Å². The van der Waals surface area contributed by atoms with E-state index in [1.54, 1.807) is 0 Å². The Morgan fingerprint density at radius 1 is 1.46 bits per heavy atom. The summed E-state index contributed by atoms with van der Waals surface area (Å²) >= 11 is 0. The predicted molar refractivity (Wildman–Crippen MR) is 57.0 cm³/mol. The van der Waals surface area contributed by atoms with E-state index in [1.807, 2.05) is 0 Å². The molecule has 0 amide bonds. The first-order valence-electron chi connectivity index (χ1n) is 5.35. The van der Waals surface area contributed by atoms with Crippen molar-refractivity contribution in [3.8, 4) is 0 Å². The van der Waals surface area contributed by atoms with E-state index in [9.17, 15) is 0 Å². The average molecular weight is 185 g/mol. The Morgan fingerprint density at radius 3 is 2.92 bits per heavy atom. The molecule has 3 heteroatoms. The van der Waals surface area contributed by atoms with Crippen LogP contribution >= 0.6 is 0 Å². The minimum Gasteiger partial charge on any atom is -0.316 e. The Balaban J connectivity index is 1.92. The van der Waals surface area contributed by atoms with Crippen LogP contribution in [-0.4, -0.2) is 51.7 Å². The van der Waals surface area contributed by atoms with Gasteiger partial charge in [-0.15, -0.1) is 0 Å². The van der Waals surface area contributed by atoms with Crippen LogP contribution in [0.2, 0.25) is 0 Å². The van der Waals surface area contributed by atoms with E-state index in [0.717, 1.165) is 19.0 Å². The molecule has 1 aliphatic heterocycles. The lowest BCUT2D eigenvalue weighted by Gasteiger charge is -2.23. The molecule has 3 nitrogen and oxygen atoms in total. The molecule has 0 aliphatic carbocycles. The summed E-state index contributed by atoms with van der Waals surface area (Å²) < 4.78 is 0. The highest BCUT2D eigenvalue weighted by Crippen LogP contribution is 2.07. The molecule has 0 bridgehead atoms. The van der Waals surface area contributed by atoms with Crippen molar-refractivity contribution in [2.45, 2.75) is 12.8 Å². The minimum atomic E-state index is 0.857. The average Bonchev–Trinajstić information content (AvgIpc) is 2.14. The van der Waals surface area contributed by atoms with Gasteiger partial charge in [0.25, 0.3) is 0 Å². The van der Waals surface area contributed by atoms with Gasteiger partial charge < -0.3 is 15.5 Å². The van der Waals surface area contributed by atoms with E-state index in [1.165, 1.54) is 32.5 Å². The maximum absolute atomic E-state index is 3.50. The molecular weight excluding hydrogens is 162 g/mol. The molecular formula is C10H23N3. The maximum Gasteiger partial charge on any atom is 0.0101 e. The number of hydrogen-bond acceptors (Lipinski definition) is 3. The Kier molecular flexibility index (Phi) is 5.35. The van der Waals surface area contributed by atoms with Crippen molar-refractivity contribution >= 4 is 0 Å². The van der Waals surface area contributed by atoms with Crippen LogP contribution in [0.1, 0.15) is 12.8 Å². The monoisotopic (exact) mass is 185 g/mol.